The van der Waals surface area contributed by atoms with Gasteiger partial charge >= 0.3 is 0 Å². The van der Waals surface area contributed by atoms with Crippen molar-refractivity contribution < 1.29 is 4.42 Å². The minimum atomic E-state index is -0.139. The molecule has 3 aliphatic rings. The van der Waals surface area contributed by atoms with Crippen molar-refractivity contribution in [3.8, 4) is 33.4 Å². The van der Waals surface area contributed by atoms with Gasteiger partial charge in [-0.3, -0.25) is 0 Å². The molecule has 0 aliphatic heterocycles. The molecular weight excluding hydrogens is 722 g/mol. The van der Waals surface area contributed by atoms with Crippen molar-refractivity contribution in [1.29, 1.82) is 0 Å². The van der Waals surface area contributed by atoms with Gasteiger partial charge in [0.15, 0.2) is 5.58 Å². The Balaban J connectivity index is 1.19. The first-order valence-electron chi connectivity index (χ1n) is 19.0. The van der Waals surface area contributed by atoms with Crippen LogP contribution in [0.1, 0.15) is 74.9 Å². The number of anilines is 3. The summed E-state index contributed by atoms with van der Waals surface area (Å²) in [4.78, 5) is 2.44. The highest BCUT2D eigenvalue weighted by molar-refractivity contribution is 9.10. The number of hydrogen-bond acceptors (Lipinski definition) is 2. The molecule has 0 spiro atoms. The number of benzene rings is 7. The molecular formula is C51H40BrNO. The molecule has 262 valence electrons. The van der Waals surface area contributed by atoms with E-state index >= 15 is 0 Å². The third kappa shape index (κ3) is 4.01. The van der Waals surface area contributed by atoms with Crippen molar-refractivity contribution in [2.75, 3.05) is 4.90 Å². The van der Waals surface area contributed by atoms with Crippen molar-refractivity contribution in [1.82, 2.24) is 0 Å². The zero-order valence-electron chi connectivity index (χ0n) is 31.4. The van der Waals surface area contributed by atoms with Gasteiger partial charge in [-0.05, 0) is 97.6 Å². The number of rotatable bonds is 3. The number of fused-ring (bicyclic) bond motifs is 13. The molecule has 2 nitrogen and oxygen atoms in total. The van der Waals surface area contributed by atoms with Crippen LogP contribution in [0.25, 0.3) is 55.3 Å². The van der Waals surface area contributed by atoms with Gasteiger partial charge in [-0.15, -0.1) is 0 Å². The van der Waals surface area contributed by atoms with Crippen molar-refractivity contribution in [3.05, 3.63) is 171 Å². The zero-order valence-corrected chi connectivity index (χ0v) is 33.0. The van der Waals surface area contributed by atoms with E-state index in [0.717, 1.165) is 43.5 Å². The highest BCUT2D eigenvalue weighted by Gasteiger charge is 2.40. The van der Waals surface area contributed by atoms with E-state index in [1.54, 1.807) is 0 Å². The summed E-state index contributed by atoms with van der Waals surface area (Å²) < 4.78 is 8.34. The van der Waals surface area contributed by atoms with Gasteiger partial charge in [-0.1, -0.05) is 155 Å². The number of para-hydroxylation sites is 1. The van der Waals surface area contributed by atoms with Gasteiger partial charge in [-0.25, -0.2) is 0 Å². The summed E-state index contributed by atoms with van der Waals surface area (Å²) >= 11 is 4.05. The molecule has 0 fully saturated rings. The Morgan fingerprint density at radius 1 is 0.444 bits per heavy atom. The maximum absolute atomic E-state index is 7.28. The van der Waals surface area contributed by atoms with Crippen molar-refractivity contribution in [2.45, 2.75) is 57.8 Å². The topological polar surface area (TPSA) is 16.4 Å². The van der Waals surface area contributed by atoms with E-state index in [9.17, 15) is 0 Å². The van der Waals surface area contributed by atoms with Gasteiger partial charge in [0, 0.05) is 48.4 Å². The molecule has 0 amide bonds. The van der Waals surface area contributed by atoms with E-state index in [1.807, 2.05) is 0 Å². The maximum atomic E-state index is 7.28. The lowest BCUT2D eigenvalue weighted by Gasteiger charge is -2.29. The van der Waals surface area contributed by atoms with Gasteiger partial charge < -0.3 is 9.32 Å². The fourth-order valence-electron chi connectivity index (χ4n) is 10.3. The van der Waals surface area contributed by atoms with Crippen LogP contribution in [0, 0.1) is 0 Å². The van der Waals surface area contributed by atoms with Crippen LogP contribution in [0.5, 0.6) is 0 Å². The maximum Gasteiger partial charge on any atom is 0.159 e. The van der Waals surface area contributed by atoms with E-state index in [0.29, 0.717) is 0 Å². The first-order valence-corrected chi connectivity index (χ1v) is 19.8. The van der Waals surface area contributed by atoms with Gasteiger partial charge in [0.25, 0.3) is 0 Å². The molecule has 8 aromatic rings. The van der Waals surface area contributed by atoms with E-state index in [1.165, 1.54) is 66.8 Å². The molecule has 0 saturated carbocycles. The predicted octanol–water partition coefficient (Wildman–Crippen LogP) is 14.7. The average molecular weight is 763 g/mol. The molecule has 0 bridgehead atoms. The Morgan fingerprint density at radius 2 is 0.926 bits per heavy atom. The van der Waals surface area contributed by atoms with E-state index < -0.39 is 0 Å². The lowest BCUT2D eigenvalue weighted by atomic mass is 9.82. The van der Waals surface area contributed by atoms with Crippen LogP contribution < -0.4 is 4.90 Å². The molecule has 3 heteroatoms. The molecule has 3 aliphatic carbocycles. The summed E-state index contributed by atoms with van der Waals surface area (Å²) in [5, 5.41) is 2.22. The van der Waals surface area contributed by atoms with E-state index in [4.69, 9.17) is 4.42 Å². The Labute approximate surface area is 325 Å². The monoisotopic (exact) mass is 761 g/mol. The summed E-state index contributed by atoms with van der Waals surface area (Å²) in [5.74, 6) is 0. The molecule has 54 heavy (non-hydrogen) atoms. The lowest BCUT2D eigenvalue weighted by molar-refractivity contribution is 0.652. The largest absolute Gasteiger partial charge is 0.453 e. The van der Waals surface area contributed by atoms with Crippen molar-refractivity contribution >= 4 is 54.9 Å². The minimum absolute atomic E-state index is 0.133. The van der Waals surface area contributed by atoms with Crippen LogP contribution in [-0.2, 0) is 16.2 Å². The molecule has 1 aromatic heterocycles. The summed E-state index contributed by atoms with van der Waals surface area (Å²) in [6, 6.07) is 49.7. The summed E-state index contributed by atoms with van der Waals surface area (Å²) in [6.45, 7) is 14.1. The smallest absolute Gasteiger partial charge is 0.159 e. The predicted molar refractivity (Wildman–Crippen MR) is 229 cm³/mol. The van der Waals surface area contributed by atoms with E-state index in [-0.39, 0.29) is 16.2 Å². The Morgan fingerprint density at radius 3 is 1.50 bits per heavy atom. The Kier molecular flexibility index (Phi) is 6.32. The first-order chi connectivity index (χ1) is 26.0. The Hall–Kier alpha value is -5.38. The summed E-state index contributed by atoms with van der Waals surface area (Å²) in [6.07, 6.45) is 0. The molecule has 1 heterocycles. The molecule has 0 atom stereocenters. The fourth-order valence-corrected chi connectivity index (χ4v) is 11.0. The first kappa shape index (κ1) is 32.1. The van der Waals surface area contributed by atoms with Crippen LogP contribution in [0.2, 0.25) is 0 Å². The van der Waals surface area contributed by atoms with Crippen LogP contribution in [-0.4, -0.2) is 0 Å². The van der Waals surface area contributed by atoms with Crippen molar-refractivity contribution in [2.24, 2.45) is 0 Å². The fraction of sp³-hybridized carbons (Fsp3) is 0.176. The summed E-state index contributed by atoms with van der Waals surface area (Å²) in [5.41, 5.74) is 20.5. The summed E-state index contributed by atoms with van der Waals surface area (Å²) in [7, 11) is 0. The number of furan rings is 1. The Bertz CT molecular complexity index is 2830. The van der Waals surface area contributed by atoms with E-state index in [2.05, 4.69) is 196 Å². The van der Waals surface area contributed by atoms with Gasteiger partial charge in [0.05, 0.1) is 5.69 Å². The lowest BCUT2D eigenvalue weighted by Crippen LogP contribution is -2.18. The standard InChI is InChI=1S/C51H40BrNO/c1-49(2)37-18-10-7-14-31(37)33-24-22-29(26-40(33)49)53(30-23-25-34-32-15-8-11-19-38(32)50(3,4)41(34)27-30)44-21-13-17-36-46-43(52)28-42-45(48(46)54-47(36)44)35-16-9-12-20-39(35)51(42,5)6/h7-28H,1-6H3. The van der Waals surface area contributed by atoms with Crippen LogP contribution in [0.4, 0.5) is 17.1 Å². The number of halogens is 1. The SMILES string of the molecule is CC1(C)c2ccccc2-c2ccc(N(c3ccc4c(c3)C(C)(C)c3ccccc3-4)c3cccc4c3oc3c5c(cc(Br)c34)C(C)(C)c3ccccc3-5)cc21. The third-order valence-corrected chi connectivity index (χ3v) is 13.8. The second kappa shape index (κ2) is 10.6. The van der Waals surface area contributed by atoms with Crippen LogP contribution >= 0.6 is 15.9 Å². The minimum Gasteiger partial charge on any atom is -0.453 e. The van der Waals surface area contributed by atoms with Gasteiger partial charge in [-0.2, -0.15) is 0 Å². The molecule has 0 N–H and O–H groups in total. The zero-order chi connectivity index (χ0) is 36.9. The third-order valence-electron chi connectivity index (χ3n) is 13.1. The second-order valence-corrected chi connectivity index (χ2v) is 17.9. The molecule has 0 radical (unpaired) electrons. The number of nitrogens with zero attached hydrogens (tertiary/aromatic N) is 1. The number of hydrogen-bond donors (Lipinski definition) is 0. The molecule has 11 rings (SSSR count). The van der Waals surface area contributed by atoms with Crippen LogP contribution in [0.15, 0.2) is 142 Å². The van der Waals surface area contributed by atoms with Crippen LogP contribution in [0.3, 0.4) is 0 Å². The average Bonchev–Trinajstić information content (AvgIpc) is 3.82. The quantitative estimate of drug-likeness (QED) is 0.178. The van der Waals surface area contributed by atoms with Gasteiger partial charge in [0.2, 0.25) is 0 Å². The highest BCUT2D eigenvalue weighted by Crippen LogP contribution is 2.57. The van der Waals surface area contributed by atoms with Gasteiger partial charge in [0.1, 0.15) is 5.58 Å². The molecule has 7 aromatic carbocycles. The normalized spacial score (nSPS) is 16.1. The second-order valence-electron chi connectivity index (χ2n) is 17.0. The highest BCUT2D eigenvalue weighted by atomic mass is 79.9. The molecule has 0 saturated heterocycles. The molecule has 0 unspecified atom stereocenters. The van der Waals surface area contributed by atoms with Crippen molar-refractivity contribution in [3.63, 3.8) is 0 Å².